The second kappa shape index (κ2) is 7.47. The van der Waals surface area contributed by atoms with Gasteiger partial charge in [0.25, 0.3) is 5.69 Å². The number of anilines is 1. The number of carboxylic acids is 1. The van der Waals surface area contributed by atoms with Crippen molar-refractivity contribution in [1.29, 1.82) is 0 Å². The Bertz CT molecular complexity index is 516. The molecule has 1 rings (SSSR count). The normalized spacial score (nSPS) is 10.5. The summed E-state index contributed by atoms with van der Waals surface area (Å²) in [4.78, 5) is 23.0. The number of benzene rings is 1. The number of ether oxygens (including phenoxy) is 1. The molecule has 0 aliphatic carbocycles. The highest BCUT2D eigenvalue weighted by atomic mass is 16.6. The molecule has 21 heavy (non-hydrogen) atoms. The number of nitrogens with zero attached hydrogens (tertiary/aromatic N) is 2. The van der Waals surface area contributed by atoms with E-state index in [0.717, 1.165) is 0 Å². The van der Waals surface area contributed by atoms with Gasteiger partial charge in [0.15, 0.2) is 0 Å². The summed E-state index contributed by atoms with van der Waals surface area (Å²) in [6.45, 7) is 6.37. The summed E-state index contributed by atoms with van der Waals surface area (Å²) in [5.74, 6) is -0.500. The van der Waals surface area contributed by atoms with E-state index in [2.05, 4.69) is 0 Å². The second-order valence-corrected chi connectivity index (χ2v) is 4.83. The van der Waals surface area contributed by atoms with E-state index < -0.39 is 10.9 Å². The van der Waals surface area contributed by atoms with Gasteiger partial charge in [0.2, 0.25) is 0 Å². The van der Waals surface area contributed by atoms with Crippen LogP contribution in [0.3, 0.4) is 0 Å². The molecule has 0 heterocycles. The maximum Gasteiger partial charge on any atom is 0.305 e. The maximum atomic E-state index is 11.0. The third-order valence-corrected chi connectivity index (χ3v) is 2.80. The fraction of sp³-hybridized carbons (Fsp3) is 0.500. The Morgan fingerprint density at radius 2 is 2.10 bits per heavy atom. The van der Waals surface area contributed by atoms with Crippen LogP contribution in [0.4, 0.5) is 11.4 Å². The molecule has 1 aromatic rings. The molecule has 0 saturated carbocycles. The minimum Gasteiger partial charge on any atom is -0.491 e. The van der Waals surface area contributed by atoms with Crippen LogP contribution in [-0.2, 0) is 4.79 Å². The van der Waals surface area contributed by atoms with Crippen molar-refractivity contribution in [3.05, 3.63) is 28.3 Å². The highest BCUT2D eigenvalue weighted by Crippen LogP contribution is 2.29. The van der Waals surface area contributed by atoms with Crippen molar-refractivity contribution in [3.8, 4) is 5.75 Å². The van der Waals surface area contributed by atoms with E-state index in [1.54, 1.807) is 11.0 Å². The van der Waals surface area contributed by atoms with Gasteiger partial charge in [-0.3, -0.25) is 14.9 Å². The van der Waals surface area contributed by atoms with Gasteiger partial charge in [0.1, 0.15) is 5.75 Å². The van der Waals surface area contributed by atoms with Gasteiger partial charge in [0.05, 0.1) is 23.5 Å². The van der Waals surface area contributed by atoms with E-state index in [4.69, 9.17) is 9.84 Å². The molecule has 0 aliphatic rings. The minimum absolute atomic E-state index is 0.0309. The summed E-state index contributed by atoms with van der Waals surface area (Å²) in [5.41, 5.74) is 0.514. The van der Waals surface area contributed by atoms with Gasteiger partial charge < -0.3 is 14.7 Å². The lowest BCUT2D eigenvalue weighted by molar-refractivity contribution is -0.384. The van der Waals surface area contributed by atoms with E-state index in [-0.39, 0.29) is 24.8 Å². The Morgan fingerprint density at radius 1 is 1.43 bits per heavy atom. The van der Waals surface area contributed by atoms with Crippen LogP contribution in [0.2, 0.25) is 0 Å². The van der Waals surface area contributed by atoms with Gasteiger partial charge in [-0.15, -0.1) is 0 Å². The SMILES string of the molecule is CCN(CCC(=O)O)c1cc(OC(C)C)cc([N+](=O)[O-])c1. The number of aliphatic carboxylic acids is 1. The molecule has 7 nitrogen and oxygen atoms in total. The van der Waals surface area contributed by atoms with Gasteiger partial charge in [-0.25, -0.2) is 0 Å². The van der Waals surface area contributed by atoms with Crippen LogP contribution in [-0.4, -0.2) is 35.2 Å². The van der Waals surface area contributed by atoms with E-state index in [1.165, 1.54) is 12.1 Å². The fourth-order valence-electron chi connectivity index (χ4n) is 1.90. The van der Waals surface area contributed by atoms with Crippen LogP contribution >= 0.6 is 0 Å². The standard InChI is InChI=1S/C14H20N2O5/c1-4-15(6-5-14(17)18)11-7-12(16(19)20)9-13(8-11)21-10(2)3/h7-10H,4-6H2,1-3H3,(H,17,18). The first-order valence-corrected chi connectivity index (χ1v) is 6.76. The number of nitro groups is 1. The zero-order valence-corrected chi connectivity index (χ0v) is 12.4. The highest BCUT2D eigenvalue weighted by Gasteiger charge is 2.15. The number of carboxylic acid groups (broad SMARTS) is 1. The van der Waals surface area contributed by atoms with Crippen LogP contribution in [0, 0.1) is 10.1 Å². The molecule has 7 heteroatoms. The Balaban J connectivity index is 3.09. The molecule has 0 aromatic heterocycles. The van der Waals surface area contributed by atoms with Gasteiger partial charge in [-0.2, -0.15) is 0 Å². The molecule has 1 N–H and O–H groups in total. The molecule has 0 aliphatic heterocycles. The first-order valence-electron chi connectivity index (χ1n) is 6.76. The fourth-order valence-corrected chi connectivity index (χ4v) is 1.90. The summed E-state index contributed by atoms with van der Waals surface area (Å²) in [6, 6.07) is 4.49. The number of nitro benzene ring substituents is 1. The third kappa shape index (κ3) is 5.29. The molecule has 0 fully saturated rings. The largest absolute Gasteiger partial charge is 0.491 e. The van der Waals surface area contributed by atoms with Crippen LogP contribution in [0.5, 0.6) is 5.75 Å². The molecule has 0 bridgehead atoms. The van der Waals surface area contributed by atoms with Gasteiger partial charge in [-0.1, -0.05) is 0 Å². The van der Waals surface area contributed by atoms with E-state index in [1.807, 2.05) is 20.8 Å². The second-order valence-electron chi connectivity index (χ2n) is 4.83. The summed E-state index contributed by atoms with van der Waals surface area (Å²) >= 11 is 0. The van der Waals surface area contributed by atoms with Gasteiger partial charge >= 0.3 is 5.97 Å². The predicted octanol–water partition coefficient (Wildman–Crippen LogP) is 2.68. The zero-order chi connectivity index (χ0) is 16.0. The number of hydrogen-bond acceptors (Lipinski definition) is 5. The van der Waals surface area contributed by atoms with Crippen molar-refractivity contribution < 1.29 is 19.6 Å². The van der Waals surface area contributed by atoms with Crippen molar-refractivity contribution in [2.24, 2.45) is 0 Å². The Morgan fingerprint density at radius 3 is 2.57 bits per heavy atom. The van der Waals surface area contributed by atoms with Crippen molar-refractivity contribution in [2.75, 3.05) is 18.0 Å². The first-order chi connectivity index (χ1) is 9.83. The van der Waals surface area contributed by atoms with E-state index in [9.17, 15) is 14.9 Å². The molecule has 0 spiro atoms. The zero-order valence-electron chi connectivity index (χ0n) is 12.4. The molecule has 0 unspecified atom stereocenters. The average Bonchev–Trinajstić information content (AvgIpc) is 2.38. The molecule has 0 atom stereocenters. The minimum atomic E-state index is -0.905. The predicted molar refractivity (Wildman–Crippen MR) is 79.0 cm³/mol. The van der Waals surface area contributed by atoms with E-state index in [0.29, 0.717) is 18.0 Å². The molecule has 0 radical (unpaired) electrons. The average molecular weight is 296 g/mol. The Labute approximate surface area is 123 Å². The molecule has 0 amide bonds. The molecule has 116 valence electrons. The monoisotopic (exact) mass is 296 g/mol. The van der Waals surface area contributed by atoms with Crippen LogP contribution in [0.25, 0.3) is 0 Å². The summed E-state index contributed by atoms with van der Waals surface area (Å²) < 4.78 is 5.52. The number of rotatable bonds is 8. The number of non-ortho nitro benzene ring substituents is 1. The number of hydrogen-bond donors (Lipinski definition) is 1. The van der Waals surface area contributed by atoms with Crippen molar-refractivity contribution in [1.82, 2.24) is 0 Å². The quantitative estimate of drug-likeness (QED) is 0.585. The summed E-state index contributed by atoms with van der Waals surface area (Å²) in [7, 11) is 0. The smallest absolute Gasteiger partial charge is 0.305 e. The lowest BCUT2D eigenvalue weighted by Crippen LogP contribution is -2.25. The van der Waals surface area contributed by atoms with Crippen molar-refractivity contribution in [2.45, 2.75) is 33.3 Å². The highest BCUT2D eigenvalue weighted by molar-refractivity contribution is 5.68. The third-order valence-electron chi connectivity index (χ3n) is 2.80. The first kappa shape index (κ1) is 16.7. The van der Waals surface area contributed by atoms with Crippen LogP contribution < -0.4 is 9.64 Å². The van der Waals surface area contributed by atoms with Gasteiger partial charge in [-0.05, 0) is 20.8 Å². The molecular weight excluding hydrogens is 276 g/mol. The lowest BCUT2D eigenvalue weighted by atomic mass is 10.2. The Hall–Kier alpha value is -2.31. The summed E-state index contributed by atoms with van der Waals surface area (Å²) in [6.07, 6.45) is -0.134. The summed E-state index contributed by atoms with van der Waals surface area (Å²) in [5, 5.41) is 19.8. The lowest BCUT2D eigenvalue weighted by Gasteiger charge is -2.23. The van der Waals surface area contributed by atoms with Crippen molar-refractivity contribution >= 4 is 17.3 Å². The maximum absolute atomic E-state index is 11.0. The van der Waals surface area contributed by atoms with Gasteiger partial charge in [0, 0.05) is 30.9 Å². The molecular formula is C14H20N2O5. The van der Waals surface area contributed by atoms with Crippen LogP contribution in [0.15, 0.2) is 18.2 Å². The molecule has 0 saturated heterocycles. The van der Waals surface area contributed by atoms with Crippen LogP contribution in [0.1, 0.15) is 27.2 Å². The van der Waals surface area contributed by atoms with E-state index >= 15 is 0 Å². The molecule has 1 aromatic carbocycles. The van der Waals surface area contributed by atoms with Crippen molar-refractivity contribution in [3.63, 3.8) is 0 Å². The number of carbonyl (C=O) groups is 1. The topological polar surface area (TPSA) is 92.9 Å². The Kier molecular flexibility index (Phi) is 5.95.